The fraction of sp³-hybridized carbons (Fsp3) is 0.562. The van der Waals surface area contributed by atoms with E-state index in [1.54, 1.807) is 12.1 Å². The van der Waals surface area contributed by atoms with Gasteiger partial charge in [-0.3, -0.25) is 0 Å². The summed E-state index contributed by atoms with van der Waals surface area (Å²) in [6.07, 6.45) is 4.35. The Morgan fingerprint density at radius 2 is 2.19 bits per heavy atom. The smallest absolute Gasteiger partial charge is 0.329 e. The predicted octanol–water partition coefficient (Wildman–Crippen LogP) is 2.65. The van der Waals surface area contributed by atoms with Crippen molar-refractivity contribution in [2.45, 2.75) is 51.7 Å². The summed E-state index contributed by atoms with van der Waals surface area (Å²) in [5, 5.41) is 8.83. The van der Waals surface area contributed by atoms with Crippen molar-refractivity contribution < 1.29 is 9.53 Å². The van der Waals surface area contributed by atoms with E-state index in [0.717, 1.165) is 31.6 Å². The molecule has 5 nitrogen and oxygen atoms in total. The van der Waals surface area contributed by atoms with Gasteiger partial charge in [0.05, 0.1) is 5.56 Å². The van der Waals surface area contributed by atoms with Crippen molar-refractivity contribution in [2.75, 3.05) is 11.4 Å². The Hall–Kier alpha value is -2.09. The number of ether oxygens (including phenoxy) is 1. The maximum Gasteiger partial charge on any atom is 0.329 e. The Balaban J connectivity index is 2.18. The second kappa shape index (κ2) is 6.13. The Labute approximate surface area is 125 Å². The lowest BCUT2D eigenvalue weighted by Crippen LogP contribution is -2.47. The number of anilines is 1. The number of piperidine rings is 1. The van der Waals surface area contributed by atoms with Gasteiger partial charge in [-0.2, -0.15) is 5.26 Å². The third-order valence-electron chi connectivity index (χ3n) is 3.35. The Bertz CT molecular complexity index is 540. The summed E-state index contributed by atoms with van der Waals surface area (Å²) in [5.41, 5.74) is 0.0303. The molecule has 0 saturated carbocycles. The normalized spacial score (nSPS) is 19.0. The molecule has 0 spiro atoms. The zero-order valence-corrected chi connectivity index (χ0v) is 12.8. The minimum absolute atomic E-state index is 0.201. The fourth-order valence-corrected chi connectivity index (χ4v) is 2.44. The first-order chi connectivity index (χ1) is 9.90. The molecule has 1 aliphatic rings. The number of rotatable bonds is 2. The molecule has 1 aromatic heterocycles. The average molecular weight is 287 g/mol. The van der Waals surface area contributed by atoms with Crippen LogP contribution in [0.3, 0.4) is 0 Å². The monoisotopic (exact) mass is 287 g/mol. The molecule has 0 bridgehead atoms. The number of esters is 1. The molecule has 1 atom stereocenters. The lowest BCUT2D eigenvalue weighted by Gasteiger charge is -2.36. The van der Waals surface area contributed by atoms with E-state index in [-0.39, 0.29) is 12.0 Å². The van der Waals surface area contributed by atoms with Crippen LogP contribution >= 0.6 is 0 Å². The van der Waals surface area contributed by atoms with E-state index in [2.05, 4.69) is 4.98 Å². The first kappa shape index (κ1) is 15.3. The van der Waals surface area contributed by atoms with E-state index in [0.29, 0.717) is 5.56 Å². The van der Waals surface area contributed by atoms with Crippen LogP contribution in [-0.4, -0.2) is 29.1 Å². The van der Waals surface area contributed by atoms with Gasteiger partial charge in [0.25, 0.3) is 0 Å². The summed E-state index contributed by atoms with van der Waals surface area (Å²) in [7, 11) is 0. The number of carbonyl (C=O) groups excluding carboxylic acids is 1. The average Bonchev–Trinajstić information content (AvgIpc) is 2.45. The highest BCUT2D eigenvalue weighted by Crippen LogP contribution is 2.25. The van der Waals surface area contributed by atoms with Gasteiger partial charge in [0.2, 0.25) is 0 Å². The predicted molar refractivity (Wildman–Crippen MR) is 79.8 cm³/mol. The second-order valence-electron chi connectivity index (χ2n) is 6.26. The van der Waals surface area contributed by atoms with Gasteiger partial charge in [-0.15, -0.1) is 0 Å². The van der Waals surface area contributed by atoms with Crippen molar-refractivity contribution in [1.82, 2.24) is 4.98 Å². The Kier molecular flexibility index (Phi) is 4.46. The largest absolute Gasteiger partial charge is 0.458 e. The van der Waals surface area contributed by atoms with Crippen LogP contribution < -0.4 is 4.90 Å². The van der Waals surface area contributed by atoms with Gasteiger partial charge in [0.15, 0.2) is 0 Å². The molecule has 1 aliphatic heterocycles. The van der Waals surface area contributed by atoms with Crippen LogP contribution in [0.1, 0.15) is 45.6 Å². The van der Waals surface area contributed by atoms with E-state index < -0.39 is 5.60 Å². The Morgan fingerprint density at radius 1 is 1.43 bits per heavy atom. The fourth-order valence-electron chi connectivity index (χ4n) is 2.44. The maximum absolute atomic E-state index is 12.4. The first-order valence-electron chi connectivity index (χ1n) is 7.26. The minimum Gasteiger partial charge on any atom is -0.458 e. The van der Waals surface area contributed by atoms with Gasteiger partial charge >= 0.3 is 5.97 Å². The van der Waals surface area contributed by atoms with Crippen LogP contribution in [0.15, 0.2) is 18.3 Å². The van der Waals surface area contributed by atoms with Crippen LogP contribution in [-0.2, 0) is 9.53 Å². The molecule has 2 rings (SSSR count). The molecule has 112 valence electrons. The summed E-state index contributed by atoms with van der Waals surface area (Å²) in [5.74, 6) is 0.526. The zero-order chi connectivity index (χ0) is 15.5. The SMILES string of the molecule is CC(C)(C)OC(=O)C1CCCCN1c1ccc(C#N)cn1. The quantitative estimate of drug-likeness (QED) is 0.782. The highest BCUT2D eigenvalue weighted by molar-refractivity contribution is 5.80. The molecular formula is C16H21N3O2. The molecule has 0 aliphatic carbocycles. The summed E-state index contributed by atoms with van der Waals surface area (Å²) in [6.45, 7) is 6.40. The van der Waals surface area contributed by atoms with Crippen LogP contribution in [0.5, 0.6) is 0 Å². The molecule has 1 aromatic rings. The van der Waals surface area contributed by atoms with E-state index >= 15 is 0 Å². The van der Waals surface area contributed by atoms with Crippen LogP contribution in [0, 0.1) is 11.3 Å². The number of nitrogens with zero attached hydrogens (tertiary/aromatic N) is 3. The standard InChI is InChI=1S/C16H21N3O2/c1-16(2,3)21-15(20)13-6-4-5-9-19(13)14-8-7-12(10-17)11-18-14/h7-8,11,13H,4-6,9H2,1-3H3. The van der Waals surface area contributed by atoms with E-state index in [4.69, 9.17) is 10.00 Å². The highest BCUT2D eigenvalue weighted by Gasteiger charge is 2.33. The summed E-state index contributed by atoms with van der Waals surface area (Å²) in [6, 6.07) is 5.27. The third-order valence-corrected chi connectivity index (χ3v) is 3.35. The number of carbonyl (C=O) groups is 1. The molecule has 2 heterocycles. The van der Waals surface area contributed by atoms with Crippen molar-refractivity contribution in [3.8, 4) is 6.07 Å². The highest BCUT2D eigenvalue weighted by atomic mass is 16.6. The van der Waals surface area contributed by atoms with E-state index in [9.17, 15) is 4.79 Å². The number of hydrogen-bond acceptors (Lipinski definition) is 5. The molecular weight excluding hydrogens is 266 g/mol. The molecule has 21 heavy (non-hydrogen) atoms. The molecule has 1 unspecified atom stereocenters. The molecule has 1 fully saturated rings. The van der Waals surface area contributed by atoms with Gasteiger partial charge in [0.1, 0.15) is 23.5 Å². The van der Waals surface area contributed by atoms with Crippen LogP contribution in [0.2, 0.25) is 0 Å². The van der Waals surface area contributed by atoms with Crippen molar-refractivity contribution in [3.05, 3.63) is 23.9 Å². The van der Waals surface area contributed by atoms with Gasteiger partial charge in [-0.05, 0) is 52.2 Å². The van der Waals surface area contributed by atoms with Crippen LogP contribution in [0.4, 0.5) is 5.82 Å². The zero-order valence-electron chi connectivity index (χ0n) is 12.8. The van der Waals surface area contributed by atoms with Gasteiger partial charge in [-0.1, -0.05) is 0 Å². The maximum atomic E-state index is 12.4. The number of nitriles is 1. The van der Waals surface area contributed by atoms with Crippen molar-refractivity contribution in [2.24, 2.45) is 0 Å². The number of hydrogen-bond donors (Lipinski definition) is 0. The summed E-state index contributed by atoms with van der Waals surface area (Å²) >= 11 is 0. The van der Waals surface area contributed by atoms with Gasteiger partial charge in [0, 0.05) is 12.7 Å². The minimum atomic E-state index is -0.488. The number of pyridine rings is 1. The third kappa shape index (κ3) is 3.94. The molecule has 0 aromatic carbocycles. The summed E-state index contributed by atoms with van der Waals surface area (Å²) < 4.78 is 5.51. The molecule has 0 N–H and O–H groups in total. The van der Waals surface area contributed by atoms with Gasteiger partial charge < -0.3 is 9.64 Å². The first-order valence-corrected chi connectivity index (χ1v) is 7.26. The van der Waals surface area contributed by atoms with Crippen molar-refractivity contribution >= 4 is 11.8 Å². The Morgan fingerprint density at radius 3 is 2.76 bits per heavy atom. The topological polar surface area (TPSA) is 66.2 Å². The lowest BCUT2D eigenvalue weighted by atomic mass is 10.0. The van der Waals surface area contributed by atoms with E-state index in [1.807, 2.05) is 31.7 Å². The molecule has 1 saturated heterocycles. The molecule has 0 radical (unpaired) electrons. The number of aromatic nitrogens is 1. The van der Waals surface area contributed by atoms with Crippen molar-refractivity contribution in [1.29, 1.82) is 5.26 Å². The van der Waals surface area contributed by atoms with Crippen LogP contribution in [0.25, 0.3) is 0 Å². The lowest BCUT2D eigenvalue weighted by molar-refractivity contribution is -0.157. The molecule has 5 heteroatoms. The van der Waals surface area contributed by atoms with E-state index in [1.165, 1.54) is 6.20 Å². The summed E-state index contributed by atoms with van der Waals surface area (Å²) in [4.78, 5) is 18.7. The van der Waals surface area contributed by atoms with Crippen molar-refractivity contribution in [3.63, 3.8) is 0 Å². The molecule has 0 amide bonds. The second-order valence-corrected chi connectivity index (χ2v) is 6.26. The van der Waals surface area contributed by atoms with Gasteiger partial charge in [-0.25, -0.2) is 9.78 Å².